The average Bonchev–Trinajstić information content (AvgIpc) is 2.89. The lowest BCUT2D eigenvalue weighted by atomic mass is 10.2. The Labute approximate surface area is 179 Å². The van der Waals surface area contributed by atoms with Crippen molar-refractivity contribution in [1.29, 1.82) is 0 Å². The van der Waals surface area contributed by atoms with Crippen molar-refractivity contribution < 1.29 is 17.9 Å². The van der Waals surface area contributed by atoms with Crippen LogP contribution in [0.25, 0.3) is 0 Å². The van der Waals surface area contributed by atoms with Gasteiger partial charge < -0.3 is 4.74 Å². The molecule has 1 aliphatic heterocycles. The summed E-state index contributed by atoms with van der Waals surface area (Å²) in [5.41, 5.74) is 4.09. The molecule has 154 valence electrons. The van der Waals surface area contributed by atoms with E-state index in [4.69, 9.17) is 16.3 Å². The number of para-hydroxylation sites is 1. The second-order valence-electron chi connectivity index (χ2n) is 6.68. The highest BCUT2D eigenvalue weighted by Crippen LogP contribution is 2.40. The van der Waals surface area contributed by atoms with Gasteiger partial charge >= 0.3 is 6.03 Å². The summed E-state index contributed by atoms with van der Waals surface area (Å²) in [6.45, 7) is 0.176. The Morgan fingerprint density at radius 3 is 2.53 bits per heavy atom. The predicted octanol–water partition coefficient (Wildman–Crippen LogP) is 4.20. The number of halogens is 1. The van der Waals surface area contributed by atoms with Gasteiger partial charge in [0, 0.05) is 10.6 Å². The van der Waals surface area contributed by atoms with Gasteiger partial charge in [0.15, 0.2) is 5.75 Å². The molecule has 0 aliphatic carbocycles. The number of anilines is 1. The minimum absolute atomic E-state index is 0.176. The lowest BCUT2D eigenvalue weighted by Crippen LogP contribution is -2.48. The van der Waals surface area contributed by atoms with Crippen LogP contribution in [0.1, 0.15) is 11.1 Å². The van der Waals surface area contributed by atoms with Crippen LogP contribution in [0.3, 0.4) is 0 Å². The number of carbonyl (C=O) groups excluding carboxylic acids is 1. The standard InChI is InChI=1S/C21H18ClN3O4S/c22-17-10-11-20-18(12-17)25(13-16-8-4-5-9-19(16)29-20)21(26)23-24-30(27,28)14-15-6-2-1-3-7-15/h1-12,24H,13-14H2,(H,23,26). The van der Waals surface area contributed by atoms with Crippen molar-refractivity contribution in [2.24, 2.45) is 0 Å². The normalized spacial score (nSPS) is 12.9. The SMILES string of the molecule is O=C(NNS(=O)(=O)Cc1ccccc1)N1Cc2ccccc2Oc2ccc(Cl)cc21. The molecule has 2 N–H and O–H groups in total. The first-order chi connectivity index (χ1) is 14.4. The van der Waals surface area contributed by atoms with Crippen molar-refractivity contribution in [3.8, 4) is 11.5 Å². The molecule has 0 fully saturated rings. The lowest BCUT2D eigenvalue weighted by Gasteiger charge is -2.22. The summed E-state index contributed by atoms with van der Waals surface area (Å²) in [6.07, 6.45) is 0. The van der Waals surface area contributed by atoms with Crippen LogP contribution >= 0.6 is 11.6 Å². The second kappa shape index (κ2) is 8.35. The third-order valence-corrected chi connectivity index (χ3v) is 5.85. The van der Waals surface area contributed by atoms with Crippen molar-refractivity contribution in [3.05, 3.63) is 88.9 Å². The summed E-state index contributed by atoms with van der Waals surface area (Å²) < 4.78 is 30.7. The van der Waals surface area contributed by atoms with Gasteiger partial charge in [-0.25, -0.2) is 13.2 Å². The van der Waals surface area contributed by atoms with Crippen LogP contribution in [0.5, 0.6) is 11.5 Å². The van der Waals surface area contributed by atoms with Crippen LogP contribution in [0.4, 0.5) is 10.5 Å². The first kappa shape index (κ1) is 20.2. The number of rotatable bonds is 4. The van der Waals surface area contributed by atoms with Crippen LogP contribution in [0, 0.1) is 0 Å². The predicted molar refractivity (Wildman–Crippen MR) is 115 cm³/mol. The summed E-state index contributed by atoms with van der Waals surface area (Å²) in [5, 5.41) is 0.422. The summed E-state index contributed by atoms with van der Waals surface area (Å²) in [4.78, 5) is 16.4. The van der Waals surface area contributed by atoms with Gasteiger partial charge in [0.1, 0.15) is 5.75 Å². The number of hydrazine groups is 1. The number of hydrogen-bond donors (Lipinski definition) is 2. The maximum atomic E-state index is 12.9. The number of carbonyl (C=O) groups is 1. The molecule has 3 aromatic carbocycles. The number of amides is 2. The number of nitrogens with one attached hydrogen (secondary N) is 2. The van der Waals surface area contributed by atoms with Gasteiger partial charge in [-0.3, -0.25) is 10.3 Å². The van der Waals surface area contributed by atoms with E-state index in [1.807, 2.05) is 18.2 Å². The van der Waals surface area contributed by atoms with Crippen LogP contribution in [-0.2, 0) is 22.3 Å². The Morgan fingerprint density at radius 2 is 1.73 bits per heavy atom. The Morgan fingerprint density at radius 1 is 1.00 bits per heavy atom. The van der Waals surface area contributed by atoms with Crippen molar-refractivity contribution in [2.45, 2.75) is 12.3 Å². The van der Waals surface area contributed by atoms with Gasteiger partial charge in [0.05, 0.1) is 18.0 Å². The van der Waals surface area contributed by atoms with Crippen LogP contribution < -0.4 is 19.9 Å². The Balaban J connectivity index is 1.56. The van der Waals surface area contributed by atoms with E-state index in [9.17, 15) is 13.2 Å². The van der Waals surface area contributed by atoms with Gasteiger partial charge in [0.25, 0.3) is 0 Å². The van der Waals surface area contributed by atoms with Gasteiger partial charge in [-0.05, 0) is 29.8 Å². The fourth-order valence-corrected chi connectivity index (χ4v) is 4.21. The van der Waals surface area contributed by atoms with Crippen LogP contribution in [0.15, 0.2) is 72.8 Å². The first-order valence-electron chi connectivity index (χ1n) is 9.07. The third kappa shape index (κ3) is 4.56. The smallest absolute Gasteiger partial charge is 0.337 e. The van der Waals surface area contributed by atoms with Crippen LogP contribution in [-0.4, -0.2) is 14.4 Å². The first-order valence-corrected chi connectivity index (χ1v) is 11.1. The number of urea groups is 1. The summed E-state index contributed by atoms with van der Waals surface area (Å²) >= 11 is 6.13. The third-order valence-electron chi connectivity index (χ3n) is 4.49. The van der Waals surface area contributed by atoms with E-state index in [0.29, 0.717) is 27.8 Å². The zero-order valence-electron chi connectivity index (χ0n) is 15.7. The number of benzene rings is 3. The highest BCUT2D eigenvalue weighted by atomic mass is 35.5. The van der Waals surface area contributed by atoms with Crippen molar-refractivity contribution >= 4 is 33.3 Å². The van der Waals surface area contributed by atoms with Gasteiger partial charge in [-0.15, -0.1) is 4.83 Å². The van der Waals surface area contributed by atoms with Crippen molar-refractivity contribution in [2.75, 3.05) is 4.90 Å². The number of nitrogens with zero attached hydrogens (tertiary/aromatic N) is 1. The molecule has 1 aliphatic rings. The zero-order valence-corrected chi connectivity index (χ0v) is 17.3. The molecule has 0 aromatic heterocycles. The summed E-state index contributed by atoms with van der Waals surface area (Å²) in [6, 6.07) is 20.3. The van der Waals surface area contributed by atoms with Gasteiger partial charge in [0.2, 0.25) is 10.0 Å². The molecule has 0 unspecified atom stereocenters. The molecule has 30 heavy (non-hydrogen) atoms. The highest BCUT2D eigenvalue weighted by molar-refractivity contribution is 7.88. The summed E-state index contributed by atoms with van der Waals surface area (Å²) in [7, 11) is -3.79. The van der Waals surface area contributed by atoms with E-state index in [0.717, 1.165) is 5.56 Å². The molecule has 0 saturated carbocycles. The fourth-order valence-electron chi connectivity index (χ4n) is 3.10. The molecule has 0 bridgehead atoms. The molecule has 0 saturated heterocycles. The molecule has 2 amide bonds. The van der Waals surface area contributed by atoms with E-state index < -0.39 is 16.1 Å². The topological polar surface area (TPSA) is 87.7 Å². The van der Waals surface area contributed by atoms with Gasteiger partial charge in [-0.1, -0.05) is 60.1 Å². The Bertz CT molecular complexity index is 1190. The van der Waals surface area contributed by atoms with E-state index in [1.165, 1.54) is 4.90 Å². The largest absolute Gasteiger partial charge is 0.455 e. The average molecular weight is 444 g/mol. The molecule has 0 spiro atoms. The minimum atomic E-state index is -3.79. The molecular weight excluding hydrogens is 426 g/mol. The number of ether oxygens (including phenoxy) is 1. The maximum Gasteiger partial charge on any atom is 0.337 e. The Hall–Kier alpha value is -3.07. The minimum Gasteiger partial charge on any atom is -0.455 e. The molecule has 7 nitrogen and oxygen atoms in total. The molecule has 0 radical (unpaired) electrons. The van der Waals surface area contributed by atoms with Gasteiger partial charge in [-0.2, -0.15) is 0 Å². The van der Waals surface area contributed by atoms with Crippen molar-refractivity contribution in [1.82, 2.24) is 10.3 Å². The highest BCUT2D eigenvalue weighted by Gasteiger charge is 2.26. The monoisotopic (exact) mass is 443 g/mol. The maximum absolute atomic E-state index is 12.9. The molecular formula is C21H18ClN3O4S. The lowest BCUT2D eigenvalue weighted by molar-refractivity contribution is 0.244. The van der Waals surface area contributed by atoms with E-state index in [-0.39, 0.29) is 12.3 Å². The van der Waals surface area contributed by atoms with E-state index in [2.05, 4.69) is 10.3 Å². The van der Waals surface area contributed by atoms with Crippen molar-refractivity contribution in [3.63, 3.8) is 0 Å². The molecule has 3 aromatic rings. The van der Waals surface area contributed by atoms with E-state index in [1.54, 1.807) is 54.6 Å². The Kier molecular flexibility index (Phi) is 5.63. The second-order valence-corrected chi connectivity index (χ2v) is 8.84. The number of sulfonamides is 1. The molecule has 9 heteroatoms. The summed E-state index contributed by atoms with van der Waals surface area (Å²) in [5.74, 6) is 0.787. The zero-order chi connectivity index (χ0) is 21.1. The number of fused-ring (bicyclic) bond motifs is 2. The van der Waals surface area contributed by atoms with E-state index >= 15 is 0 Å². The number of hydrogen-bond acceptors (Lipinski definition) is 4. The molecule has 1 heterocycles. The molecule has 0 atom stereocenters. The quantitative estimate of drug-likeness (QED) is 0.591. The fraction of sp³-hybridized carbons (Fsp3) is 0.0952. The van der Waals surface area contributed by atoms with Crippen LogP contribution in [0.2, 0.25) is 5.02 Å². The molecule has 4 rings (SSSR count).